The molecule has 0 saturated heterocycles. The minimum Gasteiger partial charge on any atom is -0.207 e. The van der Waals surface area contributed by atoms with Crippen LogP contribution in [0.25, 0.3) is 11.6 Å². The molecule has 0 heterocycles. The Morgan fingerprint density at radius 1 is 1.05 bits per heavy atom. The molecule has 0 aliphatic carbocycles. The summed E-state index contributed by atoms with van der Waals surface area (Å²) in [4.78, 5) is 0. The molecule has 0 amide bonds. The van der Waals surface area contributed by atoms with Gasteiger partial charge in [0.05, 0.1) is 5.56 Å². The van der Waals surface area contributed by atoms with Crippen LogP contribution in [0.5, 0.6) is 0 Å². The van der Waals surface area contributed by atoms with Crippen LogP contribution < -0.4 is 0 Å². The van der Waals surface area contributed by atoms with E-state index in [-0.39, 0.29) is 22.6 Å². The van der Waals surface area contributed by atoms with Gasteiger partial charge in [-0.05, 0) is 35.4 Å². The zero-order chi connectivity index (χ0) is 16.3. The third kappa shape index (κ3) is 3.65. The number of allylic oxidation sites excluding steroid dienone is 1. The Bertz CT molecular complexity index is 704. The smallest absolute Gasteiger partial charge is 0.207 e. The number of alkyl halides is 4. The van der Waals surface area contributed by atoms with E-state index in [9.17, 15) is 22.0 Å². The van der Waals surface area contributed by atoms with E-state index in [1.165, 1.54) is 18.2 Å². The van der Waals surface area contributed by atoms with Gasteiger partial charge in [0.2, 0.25) is 0 Å². The summed E-state index contributed by atoms with van der Waals surface area (Å²) < 4.78 is 65.5. The van der Waals surface area contributed by atoms with Crippen molar-refractivity contribution in [2.75, 3.05) is 5.88 Å². The second-order valence-electron chi connectivity index (χ2n) is 4.51. The maximum Gasteiger partial charge on any atom is 0.416 e. The number of benzene rings is 2. The summed E-state index contributed by atoms with van der Waals surface area (Å²) in [7, 11) is 0. The van der Waals surface area contributed by atoms with Crippen molar-refractivity contribution in [3.05, 3.63) is 70.8 Å². The molecule has 0 aliphatic rings. The maximum absolute atomic E-state index is 13.8. The zero-order valence-corrected chi connectivity index (χ0v) is 11.8. The first kappa shape index (κ1) is 16.5. The molecule has 0 aromatic heterocycles. The lowest BCUT2D eigenvalue weighted by Gasteiger charge is -2.12. The summed E-state index contributed by atoms with van der Waals surface area (Å²) in [6.07, 6.45) is -3.38. The lowest BCUT2D eigenvalue weighted by Crippen LogP contribution is -2.07. The summed E-state index contributed by atoms with van der Waals surface area (Å²) in [5.41, 5.74) is -0.876. The maximum atomic E-state index is 13.8. The molecule has 0 saturated carbocycles. The molecule has 116 valence electrons. The van der Waals surface area contributed by atoms with Gasteiger partial charge in [-0.25, -0.2) is 8.78 Å². The van der Waals surface area contributed by atoms with Crippen LogP contribution >= 0.6 is 11.6 Å². The molecular formula is C16H10ClF5. The average molecular weight is 333 g/mol. The third-order valence-electron chi connectivity index (χ3n) is 3.02. The first-order valence-electron chi connectivity index (χ1n) is 6.21. The second-order valence-corrected chi connectivity index (χ2v) is 4.78. The standard InChI is InChI=1S/C16H10ClF5/c17-9-11(13-6-5-12(18)8-15(13)19)7-10-3-1-2-4-14(10)16(20,21)22/h1-8H,9H2. The molecule has 0 radical (unpaired) electrons. The van der Waals surface area contributed by atoms with E-state index < -0.39 is 23.4 Å². The van der Waals surface area contributed by atoms with E-state index in [1.807, 2.05) is 0 Å². The van der Waals surface area contributed by atoms with Crippen LogP contribution in [0.15, 0.2) is 42.5 Å². The Hall–Kier alpha value is -1.88. The summed E-state index contributed by atoms with van der Waals surface area (Å²) in [6, 6.07) is 7.72. The molecule has 0 spiro atoms. The summed E-state index contributed by atoms with van der Waals surface area (Å²) in [5, 5.41) is 0. The predicted octanol–water partition coefficient (Wildman–Crippen LogP) is 5.76. The van der Waals surface area contributed by atoms with Crippen LogP contribution in [0.3, 0.4) is 0 Å². The quantitative estimate of drug-likeness (QED) is 0.380. The molecule has 6 heteroatoms. The van der Waals surface area contributed by atoms with Gasteiger partial charge in [0, 0.05) is 17.5 Å². The highest BCUT2D eigenvalue weighted by atomic mass is 35.5. The van der Waals surface area contributed by atoms with Crippen LogP contribution in [0.1, 0.15) is 16.7 Å². The van der Waals surface area contributed by atoms with Crippen molar-refractivity contribution in [1.82, 2.24) is 0 Å². The van der Waals surface area contributed by atoms with E-state index in [1.54, 1.807) is 0 Å². The van der Waals surface area contributed by atoms with Crippen molar-refractivity contribution in [3.63, 3.8) is 0 Å². The molecule has 0 bridgehead atoms. The fourth-order valence-electron chi connectivity index (χ4n) is 2.01. The van der Waals surface area contributed by atoms with Crippen LogP contribution in [-0.2, 0) is 6.18 Å². The minimum absolute atomic E-state index is 0.0339. The average Bonchev–Trinajstić information content (AvgIpc) is 2.45. The highest BCUT2D eigenvalue weighted by Gasteiger charge is 2.32. The molecule has 2 rings (SSSR count). The Morgan fingerprint density at radius 3 is 2.32 bits per heavy atom. The fourth-order valence-corrected chi connectivity index (χ4v) is 2.23. The first-order chi connectivity index (χ1) is 10.3. The van der Waals surface area contributed by atoms with Crippen LogP contribution in [-0.4, -0.2) is 5.88 Å². The van der Waals surface area contributed by atoms with E-state index in [0.717, 1.165) is 24.3 Å². The highest BCUT2D eigenvalue weighted by molar-refractivity contribution is 6.24. The van der Waals surface area contributed by atoms with E-state index in [0.29, 0.717) is 6.07 Å². The molecule has 0 N–H and O–H groups in total. The molecule has 0 nitrogen and oxygen atoms in total. The topological polar surface area (TPSA) is 0 Å². The first-order valence-corrected chi connectivity index (χ1v) is 6.74. The number of hydrogen-bond donors (Lipinski definition) is 0. The van der Waals surface area contributed by atoms with Crippen LogP contribution in [0, 0.1) is 11.6 Å². The molecule has 2 aromatic carbocycles. The van der Waals surface area contributed by atoms with Crippen LogP contribution in [0.4, 0.5) is 22.0 Å². The van der Waals surface area contributed by atoms with Crippen molar-refractivity contribution >= 4 is 23.3 Å². The Morgan fingerprint density at radius 2 is 1.73 bits per heavy atom. The molecule has 0 unspecified atom stereocenters. The Balaban J connectivity index is 2.55. The third-order valence-corrected chi connectivity index (χ3v) is 3.30. The van der Waals surface area contributed by atoms with Crippen LogP contribution in [0.2, 0.25) is 0 Å². The number of halogens is 6. The van der Waals surface area contributed by atoms with Gasteiger partial charge in [-0.2, -0.15) is 13.2 Å². The van der Waals surface area contributed by atoms with Crippen molar-refractivity contribution < 1.29 is 22.0 Å². The lowest BCUT2D eigenvalue weighted by atomic mass is 10.00. The zero-order valence-electron chi connectivity index (χ0n) is 11.1. The van der Waals surface area contributed by atoms with E-state index in [4.69, 9.17) is 11.6 Å². The highest BCUT2D eigenvalue weighted by Crippen LogP contribution is 2.34. The molecular weight excluding hydrogens is 323 g/mol. The van der Waals surface area contributed by atoms with Gasteiger partial charge >= 0.3 is 6.18 Å². The van der Waals surface area contributed by atoms with Gasteiger partial charge in [0.1, 0.15) is 11.6 Å². The molecule has 0 atom stereocenters. The fraction of sp³-hybridized carbons (Fsp3) is 0.125. The van der Waals surface area contributed by atoms with E-state index >= 15 is 0 Å². The number of rotatable bonds is 3. The summed E-state index contributed by atoms with van der Waals surface area (Å²) in [5.74, 6) is -1.86. The molecule has 22 heavy (non-hydrogen) atoms. The molecule has 0 aliphatic heterocycles. The molecule has 0 fully saturated rings. The van der Waals surface area contributed by atoms with E-state index in [2.05, 4.69) is 0 Å². The predicted molar refractivity (Wildman–Crippen MR) is 76.4 cm³/mol. The summed E-state index contributed by atoms with van der Waals surface area (Å²) in [6.45, 7) is 0. The van der Waals surface area contributed by atoms with Crippen molar-refractivity contribution in [2.45, 2.75) is 6.18 Å². The normalized spacial score (nSPS) is 12.5. The van der Waals surface area contributed by atoms with Crippen molar-refractivity contribution in [3.8, 4) is 0 Å². The SMILES string of the molecule is Fc1ccc(C(=Cc2ccccc2C(F)(F)F)CCl)c(F)c1. The largest absolute Gasteiger partial charge is 0.416 e. The van der Waals surface area contributed by atoms with Gasteiger partial charge < -0.3 is 0 Å². The van der Waals surface area contributed by atoms with Crippen molar-refractivity contribution in [1.29, 1.82) is 0 Å². The van der Waals surface area contributed by atoms with Gasteiger partial charge in [0.15, 0.2) is 0 Å². The monoisotopic (exact) mass is 332 g/mol. The Kier molecular flexibility index (Phi) is 4.86. The second kappa shape index (κ2) is 6.48. The Labute approximate surface area is 128 Å². The van der Waals surface area contributed by atoms with Gasteiger partial charge in [-0.3, -0.25) is 0 Å². The number of hydrogen-bond acceptors (Lipinski definition) is 0. The lowest BCUT2D eigenvalue weighted by molar-refractivity contribution is -0.137. The summed E-state index contributed by atoms with van der Waals surface area (Å²) >= 11 is 5.72. The van der Waals surface area contributed by atoms with Gasteiger partial charge in [-0.1, -0.05) is 18.2 Å². The van der Waals surface area contributed by atoms with Gasteiger partial charge in [0.25, 0.3) is 0 Å². The van der Waals surface area contributed by atoms with Gasteiger partial charge in [-0.15, -0.1) is 11.6 Å². The van der Waals surface area contributed by atoms with Crippen molar-refractivity contribution in [2.24, 2.45) is 0 Å². The molecule has 2 aromatic rings. The minimum atomic E-state index is -4.54.